The van der Waals surface area contributed by atoms with E-state index in [1.54, 1.807) is 7.11 Å². The van der Waals surface area contributed by atoms with Crippen molar-refractivity contribution in [3.05, 3.63) is 34.9 Å². The van der Waals surface area contributed by atoms with Gasteiger partial charge in [-0.2, -0.15) is 0 Å². The summed E-state index contributed by atoms with van der Waals surface area (Å²) in [4.78, 5) is 17.3. The second-order valence-electron chi connectivity index (χ2n) is 6.64. The van der Waals surface area contributed by atoms with E-state index in [0.717, 1.165) is 63.7 Å². The maximum Gasteiger partial charge on any atom is 0.254 e. The molecule has 0 unspecified atom stereocenters. The van der Waals surface area contributed by atoms with Crippen LogP contribution in [0.1, 0.15) is 18.4 Å². The van der Waals surface area contributed by atoms with Crippen LogP contribution in [-0.4, -0.2) is 67.7 Å². The molecule has 0 saturated carbocycles. The number of nitrogens with one attached hydrogen (secondary N) is 1. The lowest BCUT2D eigenvalue weighted by atomic mass is 9.90. The number of ether oxygens (including phenoxy) is 1. The van der Waals surface area contributed by atoms with Gasteiger partial charge < -0.3 is 15.0 Å². The van der Waals surface area contributed by atoms with Gasteiger partial charge in [-0.25, -0.2) is 0 Å². The average molecular weight is 352 g/mol. The summed E-state index contributed by atoms with van der Waals surface area (Å²) in [6.45, 7) is 5.92. The number of rotatable bonds is 4. The van der Waals surface area contributed by atoms with Crippen LogP contribution in [0.2, 0.25) is 5.02 Å². The molecule has 1 aromatic rings. The Morgan fingerprint density at radius 2 is 1.79 bits per heavy atom. The number of nitrogens with zero attached hydrogens (tertiary/aromatic N) is 2. The van der Waals surface area contributed by atoms with Crippen LogP contribution in [0.5, 0.6) is 0 Å². The van der Waals surface area contributed by atoms with Gasteiger partial charge in [0.15, 0.2) is 0 Å². The van der Waals surface area contributed by atoms with E-state index in [2.05, 4.69) is 22.3 Å². The Bertz CT molecular complexity index is 550. The minimum Gasteiger partial charge on any atom is -0.368 e. The molecular formula is C18H26ClN3O2. The maximum atomic E-state index is 12.9. The van der Waals surface area contributed by atoms with Crippen molar-refractivity contribution < 1.29 is 9.53 Å². The Kier molecular flexibility index (Phi) is 5.76. The number of methoxy groups -OCH3 is 1. The molecule has 0 radical (unpaired) electrons. The minimum absolute atomic E-state index is 0.164. The van der Waals surface area contributed by atoms with Gasteiger partial charge in [0.05, 0.1) is 0 Å². The Hall–Kier alpha value is -1.14. The summed E-state index contributed by atoms with van der Waals surface area (Å²) in [5.41, 5.74) is 0.634. The van der Waals surface area contributed by atoms with Crippen molar-refractivity contribution in [1.29, 1.82) is 0 Å². The molecule has 5 nitrogen and oxygen atoms in total. The van der Waals surface area contributed by atoms with Crippen molar-refractivity contribution in [3.8, 4) is 0 Å². The first kappa shape index (κ1) is 17.7. The number of carbonyl (C=O) groups excluding carboxylic acids is 1. The summed E-state index contributed by atoms with van der Waals surface area (Å²) in [6, 6.07) is 7.98. The third-order valence-corrected chi connectivity index (χ3v) is 5.42. The van der Waals surface area contributed by atoms with Gasteiger partial charge in [-0.05, 0) is 43.6 Å². The average Bonchev–Trinajstić information content (AvgIpc) is 2.64. The predicted molar refractivity (Wildman–Crippen MR) is 95.2 cm³/mol. The van der Waals surface area contributed by atoms with Gasteiger partial charge in [0.25, 0.3) is 5.91 Å². The number of hydrogen-bond donors (Lipinski definition) is 1. The van der Waals surface area contributed by atoms with Crippen LogP contribution in [0, 0.1) is 0 Å². The molecule has 2 saturated heterocycles. The summed E-state index contributed by atoms with van der Waals surface area (Å²) in [6.07, 6.45) is 1.51. The number of benzene rings is 1. The van der Waals surface area contributed by atoms with Crippen molar-refractivity contribution in [1.82, 2.24) is 15.1 Å². The van der Waals surface area contributed by atoms with Crippen LogP contribution in [0.3, 0.4) is 0 Å². The molecule has 1 aromatic carbocycles. The van der Waals surface area contributed by atoms with Gasteiger partial charge in [-0.15, -0.1) is 0 Å². The highest BCUT2D eigenvalue weighted by atomic mass is 35.5. The van der Waals surface area contributed by atoms with Gasteiger partial charge in [0, 0.05) is 44.9 Å². The molecule has 2 fully saturated rings. The van der Waals surface area contributed by atoms with E-state index in [4.69, 9.17) is 16.3 Å². The monoisotopic (exact) mass is 351 g/mol. The van der Waals surface area contributed by atoms with E-state index in [1.165, 1.54) is 5.56 Å². The van der Waals surface area contributed by atoms with Crippen molar-refractivity contribution in [2.45, 2.75) is 25.0 Å². The van der Waals surface area contributed by atoms with Gasteiger partial charge >= 0.3 is 0 Å². The van der Waals surface area contributed by atoms with E-state index in [0.29, 0.717) is 0 Å². The molecule has 2 aliphatic rings. The standard InChI is InChI=1S/C18H26ClN3O2/c1-24-18(6-8-20-9-7-18)17(23)22-12-10-21(11-13-22)14-15-2-4-16(19)5-3-15/h2-5,20H,6-14H2,1H3. The minimum atomic E-state index is -0.621. The molecule has 2 heterocycles. The van der Waals surface area contributed by atoms with Crippen molar-refractivity contribution in [3.63, 3.8) is 0 Å². The van der Waals surface area contributed by atoms with Crippen molar-refractivity contribution >= 4 is 17.5 Å². The van der Waals surface area contributed by atoms with Gasteiger partial charge in [-0.3, -0.25) is 9.69 Å². The van der Waals surface area contributed by atoms with E-state index < -0.39 is 5.60 Å². The van der Waals surface area contributed by atoms with E-state index in [1.807, 2.05) is 17.0 Å². The topological polar surface area (TPSA) is 44.8 Å². The number of carbonyl (C=O) groups is 1. The summed E-state index contributed by atoms with van der Waals surface area (Å²) in [7, 11) is 1.67. The summed E-state index contributed by atoms with van der Waals surface area (Å²) in [5.74, 6) is 0.164. The van der Waals surface area contributed by atoms with Crippen molar-refractivity contribution in [2.24, 2.45) is 0 Å². The fraction of sp³-hybridized carbons (Fsp3) is 0.611. The van der Waals surface area contributed by atoms with Crippen molar-refractivity contribution in [2.75, 3.05) is 46.4 Å². The number of piperazine rings is 1. The molecule has 1 amide bonds. The molecular weight excluding hydrogens is 326 g/mol. The zero-order valence-electron chi connectivity index (χ0n) is 14.3. The molecule has 3 rings (SSSR count). The molecule has 0 bridgehead atoms. The third kappa shape index (κ3) is 3.91. The Morgan fingerprint density at radius 1 is 1.17 bits per heavy atom. The van der Waals surface area contributed by atoms with E-state index >= 15 is 0 Å². The zero-order chi connectivity index (χ0) is 17.0. The zero-order valence-corrected chi connectivity index (χ0v) is 15.0. The molecule has 0 spiro atoms. The number of piperidine rings is 1. The van der Waals surface area contributed by atoms with Crippen LogP contribution in [0.15, 0.2) is 24.3 Å². The largest absolute Gasteiger partial charge is 0.368 e. The quantitative estimate of drug-likeness (QED) is 0.897. The summed E-state index contributed by atoms with van der Waals surface area (Å²) < 4.78 is 5.67. The van der Waals surface area contributed by atoms with E-state index in [9.17, 15) is 4.79 Å². The second kappa shape index (κ2) is 7.83. The Labute approximate surface area is 148 Å². The van der Waals surface area contributed by atoms with Crippen LogP contribution in [-0.2, 0) is 16.1 Å². The molecule has 6 heteroatoms. The van der Waals surface area contributed by atoms with Crippen LogP contribution in [0.4, 0.5) is 0 Å². The summed E-state index contributed by atoms with van der Waals surface area (Å²) in [5, 5.41) is 4.07. The molecule has 2 aliphatic heterocycles. The van der Waals surface area contributed by atoms with Crippen LogP contribution >= 0.6 is 11.6 Å². The summed E-state index contributed by atoms with van der Waals surface area (Å²) >= 11 is 5.93. The molecule has 132 valence electrons. The second-order valence-corrected chi connectivity index (χ2v) is 7.08. The highest BCUT2D eigenvalue weighted by Gasteiger charge is 2.42. The molecule has 24 heavy (non-hydrogen) atoms. The van der Waals surface area contributed by atoms with Gasteiger partial charge in [0.1, 0.15) is 5.60 Å². The number of halogens is 1. The lowest BCUT2D eigenvalue weighted by Gasteiger charge is -2.42. The van der Waals surface area contributed by atoms with Crippen LogP contribution in [0.25, 0.3) is 0 Å². The molecule has 0 atom stereocenters. The smallest absolute Gasteiger partial charge is 0.254 e. The molecule has 0 aromatic heterocycles. The van der Waals surface area contributed by atoms with Crippen LogP contribution < -0.4 is 5.32 Å². The first-order valence-electron chi connectivity index (χ1n) is 8.65. The first-order valence-corrected chi connectivity index (χ1v) is 9.03. The first-order chi connectivity index (χ1) is 11.6. The fourth-order valence-electron chi connectivity index (χ4n) is 3.58. The van der Waals surface area contributed by atoms with Gasteiger partial charge in [-0.1, -0.05) is 23.7 Å². The number of hydrogen-bond acceptors (Lipinski definition) is 4. The van der Waals surface area contributed by atoms with E-state index in [-0.39, 0.29) is 5.91 Å². The number of amides is 1. The normalized spacial score (nSPS) is 21.7. The SMILES string of the molecule is COC1(C(=O)N2CCN(Cc3ccc(Cl)cc3)CC2)CCNCC1. The Balaban J connectivity index is 1.54. The lowest BCUT2D eigenvalue weighted by Crippen LogP contribution is -2.59. The fourth-order valence-corrected chi connectivity index (χ4v) is 3.71. The maximum absolute atomic E-state index is 12.9. The highest BCUT2D eigenvalue weighted by molar-refractivity contribution is 6.30. The Morgan fingerprint density at radius 3 is 2.38 bits per heavy atom. The predicted octanol–water partition coefficient (Wildman–Crippen LogP) is 1.75. The lowest BCUT2D eigenvalue weighted by molar-refractivity contribution is -0.160. The highest BCUT2D eigenvalue weighted by Crippen LogP contribution is 2.26. The third-order valence-electron chi connectivity index (χ3n) is 5.17. The van der Waals surface area contributed by atoms with Gasteiger partial charge in [0.2, 0.25) is 0 Å². The molecule has 1 N–H and O–H groups in total. The molecule has 0 aliphatic carbocycles.